The molecule has 0 amide bonds. The average Bonchev–Trinajstić information content (AvgIpc) is 3.01. The molecule has 0 atom stereocenters. The van der Waals surface area contributed by atoms with Crippen LogP contribution < -0.4 is 4.74 Å². The maximum Gasteiger partial charge on any atom is 0.150 e. The van der Waals surface area contributed by atoms with E-state index in [1.54, 1.807) is 18.2 Å². The Hall–Kier alpha value is -1.64. The Morgan fingerprint density at radius 3 is 2.43 bits per heavy atom. The lowest BCUT2D eigenvalue weighted by Gasteiger charge is -2.05. The lowest BCUT2D eigenvalue weighted by Crippen LogP contribution is -1.98. The summed E-state index contributed by atoms with van der Waals surface area (Å²) in [5.41, 5.74) is 0.793. The molecule has 2 rings (SSSR count). The fraction of sp³-hybridized carbons (Fsp3) is 0.273. The molecule has 1 aromatic rings. The average molecular weight is 190 g/mol. The van der Waals surface area contributed by atoms with Crippen LogP contribution >= 0.6 is 0 Å². The number of hydrogen-bond acceptors (Lipinski definition) is 3. The summed E-state index contributed by atoms with van der Waals surface area (Å²) in [5, 5.41) is 0. The van der Waals surface area contributed by atoms with Crippen LogP contribution in [0, 0.1) is 0 Å². The highest BCUT2D eigenvalue weighted by Crippen LogP contribution is 2.27. The van der Waals surface area contributed by atoms with Crippen molar-refractivity contribution in [2.75, 3.05) is 0 Å². The van der Waals surface area contributed by atoms with Crippen molar-refractivity contribution in [2.24, 2.45) is 0 Å². The molecule has 1 aliphatic carbocycles. The lowest BCUT2D eigenvalue weighted by molar-refractivity contribution is 0.109. The maximum absolute atomic E-state index is 10.6. The van der Waals surface area contributed by atoms with E-state index in [9.17, 15) is 9.59 Å². The van der Waals surface area contributed by atoms with Crippen LogP contribution in [0.15, 0.2) is 18.2 Å². The van der Waals surface area contributed by atoms with Crippen LogP contribution in [0.3, 0.4) is 0 Å². The van der Waals surface area contributed by atoms with E-state index in [1.807, 2.05) is 0 Å². The zero-order valence-corrected chi connectivity index (χ0v) is 7.60. The second-order valence-electron chi connectivity index (χ2n) is 3.34. The molecule has 0 aliphatic heterocycles. The first-order valence-electron chi connectivity index (χ1n) is 4.54. The van der Waals surface area contributed by atoms with Gasteiger partial charge < -0.3 is 4.74 Å². The molecule has 1 saturated carbocycles. The summed E-state index contributed by atoms with van der Waals surface area (Å²) in [6.45, 7) is 0. The summed E-state index contributed by atoms with van der Waals surface area (Å²) < 4.78 is 5.49. The standard InChI is InChI=1S/C11H10O3/c12-6-8-1-2-11(5-9(8)7-13)14-10-3-4-10/h1-2,5-7,10H,3-4H2. The Balaban J connectivity index is 2.25. The normalized spacial score (nSPS) is 14.9. The molecule has 1 aliphatic rings. The van der Waals surface area contributed by atoms with Gasteiger partial charge in [0.2, 0.25) is 0 Å². The van der Waals surface area contributed by atoms with Gasteiger partial charge >= 0.3 is 0 Å². The number of rotatable bonds is 4. The Morgan fingerprint density at radius 1 is 1.14 bits per heavy atom. The summed E-state index contributed by atoms with van der Waals surface area (Å²) in [4.78, 5) is 21.2. The Kier molecular flexibility index (Phi) is 2.31. The predicted molar refractivity (Wildman–Crippen MR) is 50.9 cm³/mol. The van der Waals surface area contributed by atoms with Crippen molar-refractivity contribution in [3.8, 4) is 5.75 Å². The second-order valence-corrected chi connectivity index (χ2v) is 3.34. The van der Waals surface area contributed by atoms with Gasteiger partial charge in [0.1, 0.15) is 5.75 Å². The van der Waals surface area contributed by atoms with Gasteiger partial charge in [-0.2, -0.15) is 0 Å². The highest BCUT2D eigenvalue weighted by molar-refractivity contribution is 5.90. The minimum Gasteiger partial charge on any atom is -0.490 e. The molecule has 0 saturated heterocycles. The fourth-order valence-electron chi connectivity index (χ4n) is 1.21. The van der Waals surface area contributed by atoms with Crippen molar-refractivity contribution < 1.29 is 14.3 Å². The fourth-order valence-corrected chi connectivity index (χ4v) is 1.21. The minimum atomic E-state index is 0.302. The van der Waals surface area contributed by atoms with Gasteiger partial charge in [-0.3, -0.25) is 9.59 Å². The highest BCUT2D eigenvalue weighted by atomic mass is 16.5. The van der Waals surface area contributed by atoms with Crippen molar-refractivity contribution in [2.45, 2.75) is 18.9 Å². The molecule has 1 aromatic carbocycles. The molecule has 1 fully saturated rings. The maximum atomic E-state index is 10.6. The van der Waals surface area contributed by atoms with Gasteiger partial charge in [-0.25, -0.2) is 0 Å². The van der Waals surface area contributed by atoms with Crippen LogP contribution in [-0.4, -0.2) is 18.7 Å². The van der Waals surface area contributed by atoms with Crippen LogP contribution in [0.5, 0.6) is 5.75 Å². The first kappa shape index (κ1) is 8.94. The quantitative estimate of drug-likeness (QED) is 0.680. The molecule has 0 radical (unpaired) electrons. The number of carbonyl (C=O) groups is 2. The monoisotopic (exact) mass is 190 g/mol. The molecule has 0 aromatic heterocycles. The van der Waals surface area contributed by atoms with E-state index < -0.39 is 0 Å². The van der Waals surface area contributed by atoms with Gasteiger partial charge in [-0.05, 0) is 31.0 Å². The van der Waals surface area contributed by atoms with E-state index in [2.05, 4.69) is 0 Å². The largest absolute Gasteiger partial charge is 0.490 e. The third-order valence-electron chi connectivity index (χ3n) is 2.14. The van der Waals surface area contributed by atoms with Gasteiger partial charge in [0.05, 0.1) is 6.10 Å². The summed E-state index contributed by atoms with van der Waals surface area (Å²) in [7, 11) is 0. The SMILES string of the molecule is O=Cc1ccc(OC2CC2)cc1C=O. The van der Waals surface area contributed by atoms with Crippen LogP contribution in [0.2, 0.25) is 0 Å². The van der Waals surface area contributed by atoms with Crippen molar-refractivity contribution >= 4 is 12.6 Å². The molecular weight excluding hydrogens is 180 g/mol. The van der Waals surface area contributed by atoms with Crippen LogP contribution in [-0.2, 0) is 0 Å². The van der Waals surface area contributed by atoms with E-state index in [0.29, 0.717) is 35.6 Å². The Morgan fingerprint density at radius 2 is 1.86 bits per heavy atom. The first-order valence-corrected chi connectivity index (χ1v) is 4.54. The molecule has 0 unspecified atom stereocenters. The van der Waals surface area contributed by atoms with E-state index in [1.165, 1.54) is 0 Å². The van der Waals surface area contributed by atoms with Crippen molar-refractivity contribution in [1.82, 2.24) is 0 Å². The molecule has 0 bridgehead atoms. The highest BCUT2D eigenvalue weighted by Gasteiger charge is 2.23. The van der Waals surface area contributed by atoms with Gasteiger partial charge in [0, 0.05) is 11.1 Å². The smallest absolute Gasteiger partial charge is 0.150 e. The van der Waals surface area contributed by atoms with E-state index >= 15 is 0 Å². The van der Waals surface area contributed by atoms with Gasteiger partial charge in [0.15, 0.2) is 12.6 Å². The van der Waals surface area contributed by atoms with Crippen LogP contribution in [0.25, 0.3) is 0 Å². The van der Waals surface area contributed by atoms with E-state index in [0.717, 1.165) is 12.8 Å². The van der Waals surface area contributed by atoms with Gasteiger partial charge in [-0.15, -0.1) is 0 Å². The molecule has 0 spiro atoms. The number of ether oxygens (including phenoxy) is 1. The lowest BCUT2D eigenvalue weighted by atomic mass is 10.1. The minimum absolute atomic E-state index is 0.302. The third-order valence-corrected chi connectivity index (χ3v) is 2.14. The number of benzene rings is 1. The topological polar surface area (TPSA) is 43.4 Å². The van der Waals surface area contributed by atoms with Crippen molar-refractivity contribution in [3.63, 3.8) is 0 Å². The first-order chi connectivity index (χ1) is 6.83. The molecular formula is C11H10O3. The summed E-state index contributed by atoms with van der Waals surface area (Å²) in [5.74, 6) is 0.667. The van der Waals surface area contributed by atoms with E-state index in [4.69, 9.17) is 4.74 Å². The molecule has 0 heterocycles. The van der Waals surface area contributed by atoms with Crippen molar-refractivity contribution in [3.05, 3.63) is 29.3 Å². The summed E-state index contributed by atoms with van der Waals surface area (Å²) >= 11 is 0. The number of aldehydes is 2. The van der Waals surface area contributed by atoms with Crippen LogP contribution in [0.4, 0.5) is 0 Å². The molecule has 3 nitrogen and oxygen atoms in total. The third kappa shape index (κ3) is 1.82. The Labute approximate surface area is 81.7 Å². The Bertz CT molecular complexity index is 367. The van der Waals surface area contributed by atoms with Crippen LogP contribution in [0.1, 0.15) is 33.6 Å². The number of carbonyl (C=O) groups excluding carboxylic acids is 2. The molecule has 3 heteroatoms. The molecule has 0 N–H and O–H groups in total. The van der Waals surface area contributed by atoms with E-state index in [-0.39, 0.29) is 0 Å². The zero-order valence-electron chi connectivity index (χ0n) is 7.60. The van der Waals surface area contributed by atoms with Gasteiger partial charge in [-0.1, -0.05) is 0 Å². The summed E-state index contributed by atoms with van der Waals surface area (Å²) in [6.07, 6.45) is 3.79. The predicted octanol–water partition coefficient (Wildman–Crippen LogP) is 1.85. The molecule has 14 heavy (non-hydrogen) atoms. The second kappa shape index (κ2) is 3.62. The summed E-state index contributed by atoms with van der Waals surface area (Å²) in [6, 6.07) is 4.93. The number of hydrogen-bond donors (Lipinski definition) is 0. The zero-order chi connectivity index (χ0) is 9.97. The van der Waals surface area contributed by atoms with Gasteiger partial charge in [0.25, 0.3) is 0 Å². The molecule has 72 valence electrons. The van der Waals surface area contributed by atoms with Crippen molar-refractivity contribution in [1.29, 1.82) is 0 Å².